The van der Waals surface area contributed by atoms with Gasteiger partial charge in [0.15, 0.2) is 0 Å². The Labute approximate surface area is 91.2 Å². The molecule has 0 aromatic carbocycles. The molecular formula is C10H20ClNO2. The van der Waals surface area contributed by atoms with E-state index in [0.29, 0.717) is 5.88 Å². The highest BCUT2D eigenvalue weighted by Crippen LogP contribution is 2.07. The van der Waals surface area contributed by atoms with Crippen molar-refractivity contribution in [1.82, 2.24) is 5.32 Å². The summed E-state index contributed by atoms with van der Waals surface area (Å²) < 4.78 is 5.33. The molecule has 4 heteroatoms. The average Bonchev–Trinajstić information content (AvgIpc) is 1.99. The summed E-state index contributed by atoms with van der Waals surface area (Å²) in [5, 5.41) is 2.78. The predicted octanol–water partition coefficient (Wildman–Crippen LogP) is 1.94. The van der Waals surface area contributed by atoms with Gasteiger partial charge in [0.2, 0.25) is 5.91 Å². The standard InChI is InChI=1S/C10H20ClNO2/c1-9(2,3)14-6-8(13)12-10(4,5)7-11/h6-7H2,1-5H3,(H,12,13). The van der Waals surface area contributed by atoms with Crippen molar-refractivity contribution < 1.29 is 9.53 Å². The van der Waals surface area contributed by atoms with Crippen molar-refractivity contribution in [3.63, 3.8) is 0 Å². The Morgan fingerprint density at radius 2 is 1.79 bits per heavy atom. The third kappa shape index (κ3) is 7.15. The van der Waals surface area contributed by atoms with Crippen LogP contribution in [0.4, 0.5) is 0 Å². The summed E-state index contributed by atoms with van der Waals surface area (Å²) in [6, 6.07) is 0. The number of ether oxygens (including phenoxy) is 1. The first-order chi connectivity index (χ1) is 6.16. The fourth-order valence-corrected chi connectivity index (χ4v) is 0.796. The summed E-state index contributed by atoms with van der Waals surface area (Å²) >= 11 is 5.67. The average molecular weight is 222 g/mol. The number of hydrogen-bond donors (Lipinski definition) is 1. The highest BCUT2D eigenvalue weighted by Gasteiger charge is 2.20. The molecule has 0 aliphatic rings. The zero-order valence-corrected chi connectivity index (χ0v) is 10.4. The summed E-state index contributed by atoms with van der Waals surface area (Å²) in [5.41, 5.74) is -0.664. The molecule has 0 aromatic heterocycles. The van der Waals surface area contributed by atoms with Gasteiger partial charge in [-0.05, 0) is 34.6 Å². The number of carbonyl (C=O) groups excluding carboxylic acids is 1. The Hall–Kier alpha value is -0.280. The molecule has 0 atom stereocenters. The lowest BCUT2D eigenvalue weighted by molar-refractivity contribution is -0.131. The first-order valence-corrected chi connectivity index (χ1v) is 5.21. The molecule has 0 saturated heterocycles. The Kier molecular flexibility index (Phi) is 4.89. The molecule has 0 aliphatic carbocycles. The van der Waals surface area contributed by atoms with Gasteiger partial charge in [0.25, 0.3) is 0 Å². The molecule has 0 unspecified atom stereocenters. The highest BCUT2D eigenvalue weighted by atomic mass is 35.5. The molecule has 0 fully saturated rings. The van der Waals surface area contributed by atoms with Gasteiger partial charge in [0, 0.05) is 11.4 Å². The number of hydrogen-bond acceptors (Lipinski definition) is 2. The van der Waals surface area contributed by atoms with Gasteiger partial charge in [-0.15, -0.1) is 11.6 Å². The largest absolute Gasteiger partial charge is 0.366 e. The minimum absolute atomic E-state index is 0.0732. The summed E-state index contributed by atoms with van der Waals surface area (Å²) in [6.07, 6.45) is 0. The Bertz CT molecular complexity index is 197. The number of alkyl halides is 1. The van der Waals surface area contributed by atoms with Crippen LogP contribution in [0.5, 0.6) is 0 Å². The van der Waals surface area contributed by atoms with Crippen molar-refractivity contribution in [2.45, 2.75) is 45.8 Å². The maximum absolute atomic E-state index is 11.4. The quantitative estimate of drug-likeness (QED) is 0.737. The van der Waals surface area contributed by atoms with Gasteiger partial charge in [-0.2, -0.15) is 0 Å². The van der Waals surface area contributed by atoms with Gasteiger partial charge in [0.05, 0.1) is 5.60 Å². The van der Waals surface area contributed by atoms with E-state index in [2.05, 4.69) is 5.32 Å². The zero-order valence-electron chi connectivity index (χ0n) is 9.61. The van der Waals surface area contributed by atoms with E-state index in [1.54, 1.807) is 0 Å². The topological polar surface area (TPSA) is 38.3 Å². The minimum atomic E-state index is -0.375. The van der Waals surface area contributed by atoms with Crippen LogP contribution in [0.1, 0.15) is 34.6 Å². The molecule has 0 spiro atoms. The van der Waals surface area contributed by atoms with E-state index < -0.39 is 0 Å². The Balaban J connectivity index is 3.89. The molecule has 0 aliphatic heterocycles. The van der Waals surface area contributed by atoms with Crippen LogP contribution in [0, 0.1) is 0 Å². The van der Waals surface area contributed by atoms with Crippen molar-refractivity contribution in [1.29, 1.82) is 0 Å². The SMILES string of the molecule is CC(C)(CCl)NC(=O)COC(C)(C)C. The Morgan fingerprint density at radius 3 is 2.14 bits per heavy atom. The lowest BCUT2D eigenvalue weighted by atomic mass is 10.1. The van der Waals surface area contributed by atoms with Crippen LogP contribution in [0.2, 0.25) is 0 Å². The van der Waals surface area contributed by atoms with Crippen molar-refractivity contribution in [2.24, 2.45) is 0 Å². The monoisotopic (exact) mass is 221 g/mol. The molecule has 0 rings (SSSR count). The van der Waals surface area contributed by atoms with E-state index in [1.807, 2.05) is 34.6 Å². The number of carbonyl (C=O) groups is 1. The molecule has 0 heterocycles. The molecule has 3 nitrogen and oxygen atoms in total. The smallest absolute Gasteiger partial charge is 0.246 e. The lowest BCUT2D eigenvalue weighted by Gasteiger charge is -2.25. The van der Waals surface area contributed by atoms with Crippen LogP contribution < -0.4 is 5.32 Å². The van der Waals surface area contributed by atoms with Crippen molar-refractivity contribution in [3.05, 3.63) is 0 Å². The Morgan fingerprint density at radius 1 is 1.29 bits per heavy atom. The maximum Gasteiger partial charge on any atom is 0.246 e. The van der Waals surface area contributed by atoms with Crippen LogP contribution in [-0.4, -0.2) is 29.5 Å². The van der Waals surface area contributed by atoms with E-state index in [9.17, 15) is 4.79 Å². The fourth-order valence-electron chi connectivity index (χ4n) is 0.729. The second kappa shape index (κ2) is 4.99. The first kappa shape index (κ1) is 13.7. The van der Waals surface area contributed by atoms with Crippen LogP contribution >= 0.6 is 11.6 Å². The van der Waals surface area contributed by atoms with Crippen molar-refractivity contribution in [3.8, 4) is 0 Å². The predicted molar refractivity (Wildman–Crippen MR) is 58.6 cm³/mol. The second-order valence-electron chi connectivity index (χ2n) is 4.97. The number of halogens is 1. The third-order valence-electron chi connectivity index (χ3n) is 1.45. The zero-order chi connectivity index (χ0) is 11.4. The van der Waals surface area contributed by atoms with Gasteiger partial charge >= 0.3 is 0 Å². The number of nitrogens with one attached hydrogen (secondary N) is 1. The molecule has 1 amide bonds. The van der Waals surface area contributed by atoms with E-state index in [0.717, 1.165) is 0 Å². The van der Waals surface area contributed by atoms with Gasteiger partial charge in [-0.3, -0.25) is 4.79 Å². The summed E-state index contributed by atoms with van der Waals surface area (Å²) in [4.78, 5) is 11.4. The summed E-state index contributed by atoms with van der Waals surface area (Å²) in [6.45, 7) is 9.54. The number of rotatable bonds is 4. The molecule has 0 bridgehead atoms. The maximum atomic E-state index is 11.4. The normalized spacial score (nSPS) is 12.7. The third-order valence-corrected chi connectivity index (χ3v) is 2.12. The number of amides is 1. The van der Waals surface area contributed by atoms with Gasteiger partial charge in [-0.1, -0.05) is 0 Å². The van der Waals surface area contributed by atoms with Crippen molar-refractivity contribution >= 4 is 17.5 Å². The van der Waals surface area contributed by atoms with Crippen molar-refractivity contribution in [2.75, 3.05) is 12.5 Å². The van der Waals surface area contributed by atoms with E-state index in [-0.39, 0.29) is 23.7 Å². The molecule has 0 aromatic rings. The van der Waals surface area contributed by atoms with Gasteiger partial charge < -0.3 is 10.1 Å². The second-order valence-corrected chi connectivity index (χ2v) is 5.23. The minimum Gasteiger partial charge on any atom is -0.366 e. The summed E-state index contributed by atoms with van der Waals surface area (Å²) in [5.74, 6) is 0.249. The van der Waals surface area contributed by atoms with E-state index >= 15 is 0 Å². The lowest BCUT2D eigenvalue weighted by Crippen LogP contribution is -2.47. The molecular weight excluding hydrogens is 202 g/mol. The van der Waals surface area contributed by atoms with Crippen LogP contribution in [0.15, 0.2) is 0 Å². The van der Waals surface area contributed by atoms with Crippen LogP contribution in [-0.2, 0) is 9.53 Å². The van der Waals surface area contributed by atoms with Gasteiger partial charge in [-0.25, -0.2) is 0 Å². The first-order valence-electron chi connectivity index (χ1n) is 4.67. The van der Waals surface area contributed by atoms with E-state index in [1.165, 1.54) is 0 Å². The fraction of sp³-hybridized carbons (Fsp3) is 0.900. The highest BCUT2D eigenvalue weighted by molar-refractivity contribution is 6.18. The molecule has 0 saturated carbocycles. The molecule has 84 valence electrons. The van der Waals surface area contributed by atoms with Crippen LogP contribution in [0.3, 0.4) is 0 Å². The molecule has 0 radical (unpaired) electrons. The molecule has 14 heavy (non-hydrogen) atoms. The van der Waals surface area contributed by atoms with E-state index in [4.69, 9.17) is 16.3 Å². The summed E-state index contributed by atoms with van der Waals surface area (Å²) in [7, 11) is 0. The van der Waals surface area contributed by atoms with Crippen LogP contribution in [0.25, 0.3) is 0 Å². The van der Waals surface area contributed by atoms with Gasteiger partial charge in [0.1, 0.15) is 6.61 Å². The molecule has 1 N–H and O–H groups in total.